The average molecular weight is 338 g/mol. The van der Waals surface area contributed by atoms with Crippen molar-refractivity contribution in [1.29, 1.82) is 0 Å². The molecule has 0 bridgehead atoms. The van der Waals surface area contributed by atoms with Crippen molar-refractivity contribution < 1.29 is 9.59 Å². The number of hydrogen-bond acceptors (Lipinski definition) is 3. The zero-order chi connectivity index (χ0) is 18.1. The predicted octanol–water partition coefficient (Wildman–Crippen LogP) is 2.99. The zero-order valence-corrected chi connectivity index (χ0v) is 14.4. The lowest BCUT2D eigenvalue weighted by Crippen LogP contribution is -2.28. The van der Waals surface area contributed by atoms with E-state index in [0.717, 1.165) is 16.7 Å². The first-order chi connectivity index (χ1) is 12.0. The van der Waals surface area contributed by atoms with Gasteiger partial charge in [0.05, 0.1) is 0 Å². The highest BCUT2D eigenvalue weighted by Crippen LogP contribution is 2.10. The minimum absolute atomic E-state index is 0.131. The second-order valence-electron chi connectivity index (χ2n) is 5.80. The number of allylic oxidation sites excluding steroid dienone is 1. The first-order valence-electron chi connectivity index (χ1n) is 7.98. The van der Waals surface area contributed by atoms with E-state index < -0.39 is 0 Å². The molecule has 6 nitrogen and oxygen atoms in total. The van der Waals surface area contributed by atoms with Gasteiger partial charge in [0.25, 0.3) is 0 Å². The van der Waals surface area contributed by atoms with Gasteiger partial charge in [0, 0.05) is 37.2 Å². The normalized spacial score (nSPS) is 9.84. The first kappa shape index (κ1) is 18.2. The molecule has 0 spiro atoms. The number of carbonyl (C=O) groups excluding carboxylic acids is 2. The number of carbonyl (C=O) groups is 2. The van der Waals surface area contributed by atoms with Crippen LogP contribution in [0.15, 0.2) is 60.4 Å². The molecule has 6 heteroatoms. The molecular formula is C19H22N4O2. The molecule has 0 saturated heterocycles. The molecule has 1 heterocycles. The van der Waals surface area contributed by atoms with Crippen LogP contribution < -0.4 is 16.0 Å². The Bertz CT molecular complexity index is 753. The van der Waals surface area contributed by atoms with Gasteiger partial charge in [-0.15, -0.1) is 0 Å². The molecule has 3 N–H and O–H groups in total. The summed E-state index contributed by atoms with van der Waals surface area (Å²) in [5.74, 6) is -0.131. The van der Waals surface area contributed by atoms with E-state index in [-0.39, 0.29) is 11.9 Å². The maximum absolute atomic E-state index is 12.0. The highest BCUT2D eigenvalue weighted by Gasteiger charge is 2.03. The number of nitrogens with zero attached hydrogens (tertiary/aromatic N) is 1. The molecule has 0 unspecified atom stereocenters. The summed E-state index contributed by atoms with van der Waals surface area (Å²) in [6.07, 6.45) is 4.92. The van der Waals surface area contributed by atoms with E-state index in [4.69, 9.17) is 0 Å². The second kappa shape index (κ2) is 9.22. The van der Waals surface area contributed by atoms with Gasteiger partial charge in [0.15, 0.2) is 0 Å². The SMILES string of the molecule is CC(C)=CC(=O)NCc1cccc(NC(=O)NCc2ccncc2)c1. The lowest BCUT2D eigenvalue weighted by Gasteiger charge is -2.09. The Labute approximate surface area is 147 Å². The number of hydrogen-bond donors (Lipinski definition) is 3. The second-order valence-corrected chi connectivity index (χ2v) is 5.80. The zero-order valence-electron chi connectivity index (χ0n) is 14.4. The number of benzene rings is 1. The van der Waals surface area contributed by atoms with Crippen molar-refractivity contribution >= 4 is 17.6 Å². The van der Waals surface area contributed by atoms with E-state index >= 15 is 0 Å². The van der Waals surface area contributed by atoms with Crippen LogP contribution in [-0.2, 0) is 17.9 Å². The van der Waals surface area contributed by atoms with Crippen molar-refractivity contribution in [2.75, 3.05) is 5.32 Å². The molecule has 0 atom stereocenters. The van der Waals surface area contributed by atoms with Crippen LogP contribution in [0, 0.1) is 0 Å². The van der Waals surface area contributed by atoms with Gasteiger partial charge in [-0.1, -0.05) is 17.7 Å². The molecule has 0 aliphatic carbocycles. The summed E-state index contributed by atoms with van der Waals surface area (Å²) >= 11 is 0. The third-order valence-corrected chi connectivity index (χ3v) is 3.27. The number of urea groups is 1. The quantitative estimate of drug-likeness (QED) is 0.708. The van der Waals surface area contributed by atoms with Gasteiger partial charge in [-0.25, -0.2) is 4.79 Å². The van der Waals surface area contributed by atoms with Crippen molar-refractivity contribution in [3.63, 3.8) is 0 Å². The topological polar surface area (TPSA) is 83.1 Å². The van der Waals surface area contributed by atoms with Gasteiger partial charge in [-0.3, -0.25) is 9.78 Å². The fourth-order valence-electron chi connectivity index (χ4n) is 2.12. The van der Waals surface area contributed by atoms with Crippen molar-refractivity contribution in [2.45, 2.75) is 26.9 Å². The molecule has 1 aromatic heterocycles. The number of anilines is 1. The Kier molecular flexibility index (Phi) is 6.71. The van der Waals surface area contributed by atoms with Gasteiger partial charge >= 0.3 is 6.03 Å². The van der Waals surface area contributed by atoms with Crippen LogP contribution in [0.1, 0.15) is 25.0 Å². The van der Waals surface area contributed by atoms with Crippen LogP contribution in [0.25, 0.3) is 0 Å². The van der Waals surface area contributed by atoms with Crippen molar-refractivity contribution in [2.24, 2.45) is 0 Å². The molecule has 130 valence electrons. The minimum atomic E-state index is -0.289. The summed E-state index contributed by atoms with van der Waals surface area (Å²) in [7, 11) is 0. The molecule has 2 rings (SSSR count). The van der Waals surface area contributed by atoms with Gasteiger partial charge in [-0.05, 0) is 49.2 Å². The van der Waals surface area contributed by atoms with Crippen LogP contribution in [0.4, 0.5) is 10.5 Å². The molecule has 0 radical (unpaired) electrons. The lowest BCUT2D eigenvalue weighted by molar-refractivity contribution is -0.116. The highest BCUT2D eigenvalue weighted by atomic mass is 16.2. The molecule has 25 heavy (non-hydrogen) atoms. The Morgan fingerprint density at radius 3 is 2.44 bits per heavy atom. The molecule has 0 aliphatic heterocycles. The molecule has 0 aliphatic rings. The molecule has 2 aromatic rings. The third-order valence-electron chi connectivity index (χ3n) is 3.27. The van der Waals surface area contributed by atoms with Gasteiger partial charge in [-0.2, -0.15) is 0 Å². The maximum atomic E-state index is 12.0. The number of rotatable bonds is 6. The van der Waals surface area contributed by atoms with Crippen LogP contribution >= 0.6 is 0 Å². The van der Waals surface area contributed by atoms with E-state index in [1.165, 1.54) is 0 Å². The minimum Gasteiger partial charge on any atom is -0.348 e. The summed E-state index contributed by atoms with van der Waals surface area (Å²) in [6, 6.07) is 10.8. The van der Waals surface area contributed by atoms with E-state index in [1.807, 2.05) is 44.2 Å². The summed E-state index contributed by atoms with van der Waals surface area (Å²) < 4.78 is 0. The van der Waals surface area contributed by atoms with E-state index in [0.29, 0.717) is 18.8 Å². The summed E-state index contributed by atoms with van der Waals surface area (Å²) in [5.41, 5.74) is 3.49. The van der Waals surface area contributed by atoms with Crippen LogP contribution in [0.5, 0.6) is 0 Å². The average Bonchev–Trinajstić information content (AvgIpc) is 2.59. The Hall–Kier alpha value is -3.15. The van der Waals surface area contributed by atoms with Crippen molar-refractivity contribution in [3.8, 4) is 0 Å². The largest absolute Gasteiger partial charge is 0.348 e. The predicted molar refractivity (Wildman–Crippen MR) is 97.8 cm³/mol. The first-order valence-corrected chi connectivity index (χ1v) is 7.98. The molecule has 0 fully saturated rings. The van der Waals surface area contributed by atoms with E-state index in [1.54, 1.807) is 24.5 Å². The number of amides is 3. The van der Waals surface area contributed by atoms with Crippen molar-refractivity contribution in [1.82, 2.24) is 15.6 Å². The van der Waals surface area contributed by atoms with Gasteiger partial charge < -0.3 is 16.0 Å². The number of nitrogens with one attached hydrogen (secondary N) is 3. The van der Waals surface area contributed by atoms with Crippen LogP contribution in [0.2, 0.25) is 0 Å². The monoisotopic (exact) mass is 338 g/mol. The fraction of sp³-hybridized carbons (Fsp3) is 0.211. The van der Waals surface area contributed by atoms with Gasteiger partial charge in [0.2, 0.25) is 5.91 Å². The summed E-state index contributed by atoms with van der Waals surface area (Å²) in [5, 5.41) is 8.37. The molecule has 0 saturated carbocycles. The van der Waals surface area contributed by atoms with Crippen molar-refractivity contribution in [3.05, 3.63) is 71.6 Å². The smallest absolute Gasteiger partial charge is 0.319 e. The fourth-order valence-corrected chi connectivity index (χ4v) is 2.12. The standard InChI is InChI=1S/C19H22N4O2/c1-14(2)10-18(24)21-13-16-4-3-5-17(11-16)23-19(25)22-12-15-6-8-20-9-7-15/h3-11H,12-13H2,1-2H3,(H,21,24)(H2,22,23,25). The maximum Gasteiger partial charge on any atom is 0.319 e. The number of aromatic nitrogens is 1. The van der Waals surface area contributed by atoms with Crippen LogP contribution in [-0.4, -0.2) is 16.9 Å². The number of pyridine rings is 1. The molecule has 1 aromatic carbocycles. The highest BCUT2D eigenvalue weighted by molar-refractivity contribution is 5.89. The Balaban J connectivity index is 1.85. The lowest BCUT2D eigenvalue weighted by atomic mass is 10.2. The Morgan fingerprint density at radius 2 is 1.72 bits per heavy atom. The van der Waals surface area contributed by atoms with E-state index in [9.17, 15) is 9.59 Å². The molecule has 3 amide bonds. The van der Waals surface area contributed by atoms with Gasteiger partial charge in [0.1, 0.15) is 0 Å². The summed E-state index contributed by atoms with van der Waals surface area (Å²) in [6.45, 7) is 4.56. The van der Waals surface area contributed by atoms with Crippen LogP contribution in [0.3, 0.4) is 0 Å². The molecular weight excluding hydrogens is 316 g/mol. The summed E-state index contributed by atoms with van der Waals surface area (Å²) in [4.78, 5) is 27.5. The third kappa shape index (κ3) is 6.87. The Morgan fingerprint density at radius 1 is 1.00 bits per heavy atom. The van der Waals surface area contributed by atoms with E-state index in [2.05, 4.69) is 20.9 Å².